The minimum absolute atomic E-state index is 0.731. The number of hydrogen-bond donors (Lipinski definition) is 1. The van der Waals surface area contributed by atoms with Crippen molar-refractivity contribution in [3.63, 3.8) is 0 Å². The molecule has 0 unspecified atom stereocenters. The van der Waals surface area contributed by atoms with Crippen molar-refractivity contribution in [3.8, 4) is 0 Å². The number of nitrogens with one attached hydrogen (secondary N) is 1. The molecule has 60 valence electrons. The SMILES string of the molecule is CNN(C)C(=S)C(F)(F)F. The molecule has 0 radical (unpaired) electrons. The molecule has 0 fully saturated rings. The number of hydrazine groups is 1. The summed E-state index contributed by atoms with van der Waals surface area (Å²) in [5.74, 6) is 0. The quantitative estimate of drug-likeness (QED) is 0.468. The zero-order valence-corrected chi connectivity index (χ0v) is 6.31. The largest absolute Gasteiger partial charge is 0.443 e. The molecule has 1 N–H and O–H groups in total. The molecule has 0 saturated carbocycles. The van der Waals surface area contributed by atoms with Gasteiger partial charge >= 0.3 is 6.18 Å². The summed E-state index contributed by atoms with van der Waals surface area (Å²) in [6, 6.07) is 0. The molecule has 0 saturated heterocycles. The molecule has 6 heteroatoms. The number of thiocarbonyl (C=S) groups is 1. The maximum absolute atomic E-state index is 11.7. The normalized spacial score (nSPS) is 11.3. The van der Waals surface area contributed by atoms with E-state index in [4.69, 9.17) is 0 Å². The van der Waals surface area contributed by atoms with E-state index >= 15 is 0 Å². The van der Waals surface area contributed by atoms with Gasteiger partial charge in [0.1, 0.15) is 0 Å². The fourth-order valence-electron chi connectivity index (χ4n) is 0.292. The van der Waals surface area contributed by atoms with Gasteiger partial charge in [-0.1, -0.05) is 12.2 Å². The average Bonchev–Trinajstić information content (AvgIpc) is 1.83. The molecule has 0 aromatic rings. The van der Waals surface area contributed by atoms with Gasteiger partial charge < -0.3 is 0 Å². The van der Waals surface area contributed by atoms with Crippen LogP contribution < -0.4 is 5.43 Å². The van der Waals surface area contributed by atoms with E-state index in [1.165, 1.54) is 14.1 Å². The molecule has 0 heterocycles. The highest BCUT2D eigenvalue weighted by molar-refractivity contribution is 7.80. The Balaban J connectivity index is 4.09. The van der Waals surface area contributed by atoms with Crippen LogP contribution in [0.3, 0.4) is 0 Å². The summed E-state index contributed by atoms with van der Waals surface area (Å²) in [6.07, 6.45) is -4.42. The van der Waals surface area contributed by atoms with Gasteiger partial charge in [0.05, 0.1) is 0 Å². The van der Waals surface area contributed by atoms with Crippen molar-refractivity contribution in [2.24, 2.45) is 0 Å². The molecule has 0 atom stereocenters. The van der Waals surface area contributed by atoms with Crippen molar-refractivity contribution in [3.05, 3.63) is 0 Å². The van der Waals surface area contributed by atoms with E-state index in [1.807, 2.05) is 0 Å². The maximum Gasteiger partial charge on any atom is 0.443 e. The van der Waals surface area contributed by atoms with Crippen molar-refractivity contribution in [1.82, 2.24) is 10.4 Å². The van der Waals surface area contributed by atoms with Gasteiger partial charge in [-0.25, -0.2) is 5.43 Å². The van der Waals surface area contributed by atoms with E-state index in [1.54, 1.807) is 0 Å². The highest BCUT2D eigenvalue weighted by atomic mass is 32.1. The molecule has 0 aliphatic heterocycles. The van der Waals surface area contributed by atoms with Crippen molar-refractivity contribution >= 4 is 17.2 Å². The zero-order valence-electron chi connectivity index (χ0n) is 5.49. The first-order valence-corrected chi connectivity index (χ1v) is 2.82. The molecule has 0 rings (SSSR count). The van der Waals surface area contributed by atoms with Gasteiger partial charge in [0.25, 0.3) is 0 Å². The summed E-state index contributed by atoms with van der Waals surface area (Å²) in [6.45, 7) is 0. The fraction of sp³-hybridized carbons (Fsp3) is 0.750. The van der Waals surface area contributed by atoms with Gasteiger partial charge in [0, 0.05) is 14.1 Å². The Bertz CT molecular complexity index is 133. The Hall–Kier alpha value is -0.360. The molecule has 2 nitrogen and oxygen atoms in total. The summed E-state index contributed by atoms with van der Waals surface area (Å²) in [5.41, 5.74) is 2.24. The fourth-order valence-corrected chi connectivity index (χ4v) is 0.383. The lowest BCUT2D eigenvalue weighted by atomic mass is 10.6. The first-order valence-electron chi connectivity index (χ1n) is 2.42. The third-order valence-electron chi connectivity index (χ3n) is 0.883. The minimum atomic E-state index is -4.42. The van der Waals surface area contributed by atoms with Crippen LogP contribution in [0, 0.1) is 0 Å². The third kappa shape index (κ3) is 2.49. The van der Waals surface area contributed by atoms with Crippen LogP contribution >= 0.6 is 12.2 Å². The maximum atomic E-state index is 11.7. The van der Waals surface area contributed by atoms with Gasteiger partial charge in [-0.3, -0.25) is 5.01 Å². The molecule has 10 heavy (non-hydrogen) atoms. The Kier molecular flexibility index (Phi) is 3.04. The second-order valence-corrected chi connectivity index (χ2v) is 1.97. The summed E-state index contributed by atoms with van der Waals surface area (Å²) < 4.78 is 35.0. The second kappa shape index (κ2) is 3.16. The van der Waals surface area contributed by atoms with Crippen LogP contribution in [0.2, 0.25) is 0 Å². The van der Waals surface area contributed by atoms with E-state index in [-0.39, 0.29) is 0 Å². The monoisotopic (exact) mass is 172 g/mol. The number of hydrogen-bond acceptors (Lipinski definition) is 2. The van der Waals surface area contributed by atoms with Gasteiger partial charge in [-0.05, 0) is 0 Å². The molecule has 0 aromatic carbocycles. The number of alkyl halides is 3. The van der Waals surface area contributed by atoms with Crippen molar-refractivity contribution in [1.29, 1.82) is 0 Å². The smallest absolute Gasteiger partial charge is 0.298 e. The summed E-state index contributed by atoms with van der Waals surface area (Å²) >= 11 is 4.05. The van der Waals surface area contributed by atoms with Crippen LogP contribution in [-0.4, -0.2) is 30.3 Å². The second-order valence-electron chi connectivity index (χ2n) is 1.59. The van der Waals surface area contributed by atoms with E-state index in [9.17, 15) is 13.2 Å². The molecule has 0 bridgehead atoms. The standard InChI is InChI=1S/C4H7F3N2S/c1-8-9(2)3(10)4(5,6)7/h8H,1-2H3. The Morgan fingerprint density at radius 1 is 1.50 bits per heavy atom. The first kappa shape index (κ1) is 9.64. The first-order chi connectivity index (χ1) is 4.39. The molecule has 0 aliphatic carbocycles. The molecular formula is C4H7F3N2S. The minimum Gasteiger partial charge on any atom is -0.298 e. The van der Waals surface area contributed by atoms with Crippen LogP contribution in [0.25, 0.3) is 0 Å². The lowest BCUT2D eigenvalue weighted by Gasteiger charge is -2.19. The van der Waals surface area contributed by atoms with Gasteiger partial charge in [0.15, 0.2) is 4.99 Å². The predicted molar refractivity (Wildman–Crippen MR) is 35.5 cm³/mol. The zero-order chi connectivity index (χ0) is 8.36. The predicted octanol–water partition coefficient (Wildman–Crippen LogP) is 0.942. The van der Waals surface area contributed by atoms with E-state index in [2.05, 4.69) is 17.6 Å². The van der Waals surface area contributed by atoms with Crippen LogP contribution in [0.1, 0.15) is 0 Å². The van der Waals surface area contributed by atoms with Gasteiger partial charge in [-0.2, -0.15) is 13.2 Å². The van der Waals surface area contributed by atoms with Crippen LogP contribution in [0.4, 0.5) is 13.2 Å². The third-order valence-corrected chi connectivity index (χ3v) is 1.39. The molecular weight excluding hydrogens is 165 g/mol. The Labute approximate surface area is 62.0 Å². The molecule has 0 spiro atoms. The molecule has 0 amide bonds. The Morgan fingerprint density at radius 3 is 2.00 bits per heavy atom. The van der Waals surface area contributed by atoms with Crippen LogP contribution in [0.15, 0.2) is 0 Å². The summed E-state index contributed by atoms with van der Waals surface area (Å²) in [7, 11) is 2.56. The lowest BCUT2D eigenvalue weighted by molar-refractivity contribution is -0.0664. The van der Waals surface area contributed by atoms with E-state index < -0.39 is 11.2 Å². The van der Waals surface area contributed by atoms with E-state index in [0.29, 0.717) is 0 Å². The van der Waals surface area contributed by atoms with Gasteiger partial charge in [0.2, 0.25) is 0 Å². The highest BCUT2D eigenvalue weighted by Gasteiger charge is 2.36. The summed E-state index contributed by atoms with van der Waals surface area (Å²) in [5, 5.41) is 0.731. The number of nitrogens with zero attached hydrogens (tertiary/aromatic N) is 1. The topological polar surface area (TPSA) is 15.3 Å². The number of rotatable bonds is 1. The average molecular weight is 172 g/mol. The van der Waals surface area contributed by atoms with Crippen LogP contribution in [0.5, 0.6) is 0 Å². The van der Waals surface area contributed by atoms with Crippen LogP contribution in [-0.2, 0) is 0 Å². The molecule has 0 aromatic heterocycles. The molecule has 0 aliphatic rings. The Morgan fingerprint density at radius 2 is 1.90 bits per heavy atom. The van der Waals surface area contributed by atoms with Crippen molar-refractivity contribution in [2.45, 2.75) is 6.18 Å². The van der Waals surface area contributed by atoms with E-state index in [0.717, 1.165) is 5.01 Å². The van der Waals surface area contributed by atoms with Gasteiger partial charge in [-0.15, -0.1) is 0 Å². The lowest BCUT2D eigenvalue weighted by Crippen LogP contribution is -2.43. The highest BCUT2D eigenvalue weighted by Crippen LogP contribution is 2.17. The summed E-state index contributed by atoms with van der Waals surface area (Å²) in [4.78, 5) is -1.07. The van der Waals surface area contributed by atoms with Crippen molar-refractivity contribution < 1.29 is 13.2 Å². The number of halogens is 3. The van der Waals surface area contributed by atoms with Crippen molar-refractivity contribution in [2.75, 3.05) is 14.1 Å².